The normalized spacial score (nSPS) is 16.3. The molecule has 466 valence electrons. The fourth-order valence-corrected chi connectivity index (χ4v) is 12.0. The SMILES string of the molecule is CC(C)CN(CC(C)C)Cn1cncn1.CC(C)N(Cn1cncn1)C(C)C.CCCCCC(CC)N(Cn1cncn1)C(CC)CCCCC.c1ncn(CN(C2CCCCC2)C2CCCCC2)n1.c1ncn(CN2CCCCC2)n1. The van der Waals surface area contributed by atoms with E-state index in [1.165, 1.54) is 161 Å². The van der Waals surface area contributed by atoms with Gasteiger partial charge < -0.3 is 0 Å². The average molecular weight is 1140 g/mol. The molecule has 0 radical (unpaired) electrons. The first-order valence-corrected chi connectivity index (χ1v) is 32.7. The second-order valence-corrected chi connectivity index (χ2v) is 24.8. The van der Waals surface area contributed by atoms with E-state index >= 15 is 0 Å². The third-order valence-corrected chi connectivity index (χ3v) is 16.2. The van der Waals surface area contributed by atoms with E-state index in [1.54, 1.807) is 50.6 Å². The first-order valence-electron chi connectivity index (χ1n) is 32.7. The Hall–Kier alpha value is -4.50. The van der Waals surface area contributed by atoms with Crippen molar-refractivity contribution in [1.29, 1.82) is 0 Å². The molecule has 3 aliphatic rings. The van der Waals surface area contributed by atoms with Gasteiger partial charge >= 0.3 is 0 Å². The van der Waals surface area contributed by atoms with Crippen molar-refractivity contribution in [3.05, 3.63) is 63.3 Å². The van der Waals surface area contributed by atoms with Gasteiger partial charge in [0.1, 0.15) is 63.3 Å². The highest BCUT2D eigenvalue weighted by Gasteiger charge is 2.29. The highest BCUT2D eigenvalue weighted by atomic mass is 15.4. The molecular formula is C62H118N20. The molecule has 2 saturated carbocycles. The molecule has 20 nitrogen and oxygen atoms in total. The maximum Gasteiger partial charge on any atom is 0.137 e. The molecule has 6 heterocycles. The first-order chi connectivity index (χ1) is 39.8. The van der Waals surface area contributed by atoms with Gasteiger partial charge in [-0.3, -0.25) is 24.5 Å². The number of aromatic nitrogens is 15. The number of nitrogens with zero attached hydrogens (tertiary/aromatic N) is 20. The topological polar surface area (TPSA) is 170 Å². The van der Waals surface area contributed by atoms with E-state index in [2.05, 4.69) is 158 Å². The van der Waals surface area contributed by atoms with Gasteiger partial charge in [-0.15, -0.1) is 0 Å². The summed E-state index contributed by atoms with van der Waals surface area (Å²) in [5, 5.41) is 20.9. The Morgan fingerprint density at radius 1 is 0.415 bits per heavy atom. The van der Waals surface area contributed by atoms with Crippen molar-refractivity contribution in [2.45, 2.75) is 300 Å². The smallest absolute Gasteiger partial charge is 0.137 e. The van der Waals surface area contributed by atoms with Crippen LogP contribution >= 0.6 is 0 Å². The van der Waals surface area contributed by atoms with Gasteiger partial charge in [0.2, 0.25) is 0 Å². The Morgan fingerprint density at radius 3 is 1.13 bits per heavy atom. The predicted molar refractivity (Wildman–Crippen MR) is 333 cm³/mol. The van der Waals surface area contributed by atoms with E-state index in [0.29, 0.717) is 36.0 Å². The number of hydrogen-bond acceptors (Lipinski definition) is 15. The van der Waals surface area contributed by atoms with E-state index in [-0.39, 0.29) is 0 Å². The Morgan fingerprint density at radius 2 is 0.780 bits per heavy atom. The van der Waals surface area contributed by atoms with Crippen molar-refractivity contribution >= 4 is 0 Å². The van der Waals surface area contributed by atoms with E-state index < -0.39 is 0 Å². The standard InChI is InChI=1S/C19H38N4.C15H26N4.C11H22N4.C9H18N4.C8H14N4/c1-5-9-11-13-18(7-3)23(17-22-16-20-15-21-22)19(8-4)14-12-10-6-2;1-3-7-14(8-4-1)19(13-18-12-16-11-17-18)15-9-5-2-6-10-15;1-10(2)5-14(6-11(3)4)9-15-8-12-7-13-15;1-8(2)13(9(3)4)7-12-6-10-5-11-12;1-2-4-11(5-3-1)8-12-7-9-6-10-12/h15-16,18-19H,5-14,17H2,1-4H3;11-12,14-15H,1-10,13H2;7-8,10-11H,5-6,9H2,1-4H3;5-6,8-9H,7H2,1-4H3;6-7H,1-5,8H2. The molecule has 82 heavy (non-hydrogen) atoms. The summed E-state index contributed by atoms with van der Waals surface area (Å²) in [6.45, 7) is 36.0. The van der Waals surface area contributed by atoms with Gasteiger partial charge in [0, 0.05) is 49.3 Å². The molecule has 1 aliphatic heterocycles. The number of likely N-dealkylation sites (tertiary alicyclic amines) is 1. The summed E-state index contributed by atoms with van der Waals surface area (Å²) in [5.41, 5.74) is 0. The van der Waals surface area contributed by atoms with E-state index in [9.17, 15) is 0 Å². The van der Waals surface area contributed by atoms with Gasteiger partial charge in [-0.1, -0.05) is 139 Å². The number of hydrogen-bond donors (Lipinski definition) is 0. The highest BCUT2D eigenvalue weighted by Crippen LogP contribution is 2.31. The van der Waals surface area contributed by atoms with Crippen LogP contribution in [0.3, 0.4) is 0 Å². The molecule has 0 aromatic carbocycles. The molecule has 2 unspecified atom stereocenters. The second-order valence-electron chi connectivity index (χ2n) is 24.8. The van der Waals surface area contributed by atoms with Gasteiger partial charge in [0.25, 0.3) is 0 Å². The zero-order valence-electron chi connectivity index (χ0n) is 54.0. The summed E-state index contributed by atoms with van der Waals surface area (Å²) in [6, 6.07) is 3.95. The molecule has 8 rings (SSSR count). The zero-order chi connectivity index (χ0) is 59.2. The third-order valence-electron chi connectivity index (χ3n) is 16.2. The lowest BCUT2D eigenvalue weighted by atomic mass is 9.89. The Labute approximate surface area is 498 Å². The molecule has 0 amide bonds. The molecule has 0 spiro atoms. The van der Waals surface area contributed by atoms with Crippen LogP contribution < -0.4 is 0 Å². The monoisotopic (exact) mass is 1140 g/mol. The fraction of sp³-hybridized carbons (Fsp3) is 0.839. The van der Waals surface area contributed by atoms with Crippen LogP contribution in [0.4, 0.5) is 0 Å². The number of unbranched alkanes of at least 4 members (excludes halogenated alkanes) is 4. The van der Waals surface area contributed by atoms with Crippen molar-refractivity contribution in [1.82, 2.24) is 98.3 Å². The quantitative estimate of drug-likeness (QED) is 0.0398. The highest BCUT2D eigenvalue weighted by molar-refractivity contribution is 4.83. The van der Waals surface area contributed by atoms with Gasteiger partial charge in [0.05, 0.1) is 33.3 Å². The maximum atomic E-state index is 4.35. The summed E-state index contributed by atoms with van der Waals surface area (Å²) in [7, 11) is 0. The lowest BCUT2D eigenvalue weighted by Gasteiger charge is -2.41. The van der Waals surface area contributed by atoms with Crippen LogP contribution in [0, 0.1) is 11.8 Å². The molecule has 2 atom stereocenters. The van der Waals surface area contributed by atoms with Crippen LogP contribution in [-0.2, 0) is 33.3 Å². The largest absolute Gasteiger partial charge is 0.284 e. The molecule has 2 aliphatic carbocycles. The van der Waals surface area contributed by atoms with Crippen molar-refractivity contribution in [3.63, 3.8) is 0 Å². The minimum absolute atomic E-state index is 0.532. The minimum atomic E-state index is 0.532. The van der Waals surface area contributed by atoms with Crippen LogP contribution in [0.1, 0.15) is 231 Å². The lowest BCUT2D eigenvalue weighted by Crippen LogP contribution is -2.46. The maximum absolute atomic E-state index is 4.35. The molecule has 1 saturated heterocycles. The molecular weight excluding hydrogens is 1020 g/mol. The van der Waals surface area contributed by atoms with Crippen LogP contribution in [0.2, 0.25) is 0 Å². The van der Waals surface area contributed by atoms with Crippen LogP contribution in [-0.4, -0.2) is 161 Å². The lowest BCUT2D eigenvalue weighted by molar-refractivity contribution is 0.0458. The molecule has 0 N–H and O–H groups in total. The summed E-state index contributed by atoms with van der Waals surface area (Å²) < 4.78 is 9.60. The van der Waals surface area contributed by atoms with Crippen LogP contribution in [0.15, 0.2) is 63.3 Å². The second kappa shape index (κ2) is 42.3. The summed E-state index contributed by atoms with van der Waals surface area (Å²) in [5.74, 6) is 1.37. The van der Waals surface area contributed by atoms with Crippen molar-refractivity contribution in [2.24, 2.45) is 11.8 Å². The molecule has 20 heteroatoms. The predicted octanol–water partition coefficient (Wildman–Crippen LogP) is 12.4. The first kappa shape index (κ1) is 70.0. The van der Waals surface area contributed by atoms with E-state index in [0.717, 1.165) is 58.5 Å². The van der Waals surface area contributed by atoms with Gasteiger partial charge in [-0.05, 0) is 117 Å². The van der Waals surface area contributed by atoms with Gasteiger partial charge in [-0.25, -0.2) is 48.3 Å². The summed E-state index contributed by atoms with van der Waals surface area (Å²) >= 11 is 0. The van der Waals surface area contributed by atoms with Crippen molar-refractivity contribution in [3.8, 4) is 0 Å². The molecule has 5 aromatic rings. The van der Waals surface area contributed by atoms with E-state index in [1.807, 2.05) is 36.1 Å². The Balaban J connectivity index is 0.000000225. The zero-order valence-corrected chi connectivity index (χ0v) is 54.0. The van der Waals surface area contributed by atoms with Crippen molar-refractivity contribution in [2.75, 3.05) is 26.2 Å². The average Bonchev–Trinajstić information content (AvgIpc) is 4.46. The minimum Gasteiger partial charge on any atom is -0.284 e. The molecule has 3 fully saturated rings. The molecule has 0 bridgehead atoms. The number of piperidine rings is 1. The Kier molecular flexibility index (Phi) is 36.1. The third kappa shape index (κ3) is 28.9. The van der Waals surface area contributed by atoms with Crippen LogP contribution in [0.25, 0.3) is 0 Å². The summed E-state index contributed by atoms with van der Waals surface area (Å²) in [4.78, 5) is 32.6. The number of rotatable bonds is 30. The van der Waals surface area contributed by atoms with Crippen molar-refractivity contribution < 1.29 is 0 Å². The van der Waals surface area contributed by atoms with Gasteiger partial charge in [0.15, 0.2) is 0 Å². The Bertz CT molecular complexity index is 2050. The van der Waals surface area contributed by atoms with Gasteiger partial charge in [-0.2, -0.15) is 25.5 Å². The van der Waals surface area contributed by atoms with E-state index in [4.69, 9.17) is 0 Å². The fourth-order valence-electron chi connectivity index (χ4n) is 12.0. The summed E-state index contributed by atoms with van der Waals surface area (Å²) in [6.07, 6.45) is 48.1. The van der Waals surface area contributed by atoms with Crippen LogP contribution in [0.5, 0.6) is 0 Å². The molecule has 5 aromatic heterocycles.